The zero-order valence-electron chi connectivity index (χ0n) is 12.9. The maximum atomic E-state index is 12.9. The molecule has 2 aromatic carbocycles. The molecule has 1 heterocycles. The van der Waals surface area contributed by atoms with Crippen LogP contribution in [0, 0.1) is 5.82 Å². The second-order valence-corrected chi connectivity index (χ2v) is 5.73. The van der Waals surface area contributed by atoms with Crippen LogP contribution < -0.4 is 5.32 Å². The molecule has 0 radical (unpaired) electrons. The lowest BCUT2D eigenvalue weighted by Crippen LogP contribution is -2.35. The van der Waals surface area contributed by atoms with E-state index in [4.69, 9.17) is 4.42 Å². The predicted octanol–water partition coefficient (Wildman–Crippen LogP) is 3.86. The third-order valence-electron chi connectivity index (χ3n) is 3.67. The number of hydrogen-bond acceptors (Lipinski definition) is 2. The van der Waals surface area contributed by atoms with E-state index in [1.54, 1.807) is 12.1 Å². The molecule has 0 aliphatic heterocycles. The van der Waals surface area contributed by atoms with Crippen LogP contribution in [0.15, 0.2) is 59.0 Å². The van der Waals surface area contributed by atoms with Crippen molar-refractivity contribution in [3.8, 4) is 0 Å². The number of fused-ring (bicyclic) bond motifs is 1. The molecule has 4 heteroatoms. The van der Waals surface area contributed by atoms with E-state index < -0.39 is 0 Å². The largest absolute Gasteiger partial charge is 0.461 e. The summed E-state index contributed by atoms with van der Waals surface area (Å²) in [6.45, 7) is 1.94. The molecule has 3 rings (SSSR count). The van der Waals surface area contributed by atoms with Crippen LogP contribution in [0.2, 0.25) is 0 Å². The summed E-state index contributed by atoms with van der Waals surface area (Å²) in [6.07, 6.45) is 0.870. The minimum Gasteiger partial charge on any atom is -0.461 e. The topological polar surface area (TPSA) is 42.2 Å². The first-order valence-corrected chi connectivity index (χ1v) is 7.61. The molecule has 0 saturated carbocycles. The lowest BCUT2D eigenvalue weighted by Gasteiger charge is -2.12. The summed E-state index contributed by atoms with van der Waals surface area (Å²) in [5.74, 6) is 0.466. The van der Waals surface area contributed by atoms with Crippen LogP contribution in [0.4, 0.5) is 4.39 Å². The molecule has 0 fully saturated rings. The smallest absolute Gasteiger partial charge is 0.224 e. The van der Waals surface area contributed by atoms with Crippen LogP contribution in [0.25, 0.3) is 11.0 Å². The molecule has 1 amide bonds. The number of benzene rings is 2. The van der Waals surface area contributed by atoms with E-state index in [9.17, 15) is 9.18 Å². The number of hydrogen-bond donors (Lipinski definition) is 1. The number of para-hydroxylation sites is 1. The highest BCUT2D eigenvalue weighted by atomic mass is 19.1. The Morgan fingerprint density at radius 3 is 2.65 bits per heavy atom. The quantitative estimate of drug-likeness (QED) is 0.777. The summed E-state index contributed by atoms with van der Waals surface area (Å²) in [5, 5.41) is 4.01. The van der Waals surface area contributed by atoms with Gasteiger partial charge in [0.15, 0.2) is 0 Å². The highest BCUT2D eigenvalue weighted by Crippen LogP contribution is 2.19. The maximum Gasteiger partial charge on any atom is 0.224 e. The van der Waals surface area contributed by atoms with Crippen molar-refractivity contribution < 1.29 is 13.6 Å². The normalized spacial score (nSPS) is 12.3. The summed E-state index contributed by atoms with van der Waals surface area (Å²) in [6, 6.07) is 15.8. The Bertz CT molecular complexity index is 775. The Kier molecular flexibility index (Phi) is 4.42. The Morgan fingerprint density at radius 1 is 1.17 bits per heavy atom. The molecule has 0 bridgehead atoms. The summed E-state index contributed by atoms with van der Waals surface area (Å²) >= 11 is 0. The molecule has 3 aromatic rings. The standard InChI is InChI=1S/C19H18FNO2/c1-13(10-17-12-15-4-2-3-5-18(15)23-17)21-19(22)11-14-6-8-16(20)9-7-14/h2-9,12-13H,10-11H2,1H3,(H,21,22)/t13-/m1/s1. The monoisotopic (exact) mass is 311 g/mol. The van der Waals surface area contributed by atoms with E-state index in [1.807, 2.05) is 37.3 Å². The lowest BCUT2D eigenvalue weighted by molar-refractivity contribution is -0.121. The zero-order valence-corrected chi connectivity index (χ0v) is 12.9. The van der Waals surface area contributed by atoms with E-state index in [1.165, 1.54) is 12.1 Å². The fraction of sp³-hybridized carbons (Fsp3) is 0.211. The van der Waals surface area contributed by atoms with Gasteiger partial charge < -0.3 is 9.73 Å². The van der Waals surface area contributed by atoms with Crippen molar-refractivity contribution in [1.82, 2.24) is 5.32 Å². The lowest BCUT2D eigenvalue weighted by atomic mass is 10.1. The molecule has 23 heavy (non-hydrogen) atoms. The molecule has 3 nitrogen and oxygen atoms in total. The highest BCUT2D eigenvalue weighted by molar-refractivity contribution is 5.79. The average Bonchev–Trinajstić information content (AvgIpc) is 2.91. The van der Waals surface area contributed by atoms with Gasteiger partial charge in [-0.1, -0.05) is 30.3 Å². The van der Waals surface area contributed by atoms with Gasteiger partial charge in [-0.2, -0.15) is 0 Å². The summed E-state index contributed by atoms with van der Waals surface area (Å²) < 4.78 is 18.6. The van der Waals surface area contributed by atoms with Crippen molar-refractivity contribution in [1.29, 1.82) is 0 Å². The summed E-state index contributed by atoms with van der Waals surface area (Å²) in [4.78, 5) is 12.0. The van der Waals surface area contributed by atoms with Crippen molar-refractivity contribution in [3.05, 3.63) is 71.7 Å². The van der Waals surface area contributed by atoms with Crippen molar-refractivity contribution in [2.24, 2.45) is 0 Å². The van der Waals surface area contributed by atoms with Crippen molar-refractivity contribution >= 4 is 16.9 Å². The molecular formula is C19H18FNO2. The first-order valence-electron chi connectivity index (χ1n) is 7.61. The Morgan fingerprint density at radius 2 is 1.91 bits per heavy atom. The van der Waals surface area contributed by atoms with E-state index in [-0.39, 0.29) is 24.2 Å². The van der Waals surface area contributed by atoms with Crippen LogP contribution in [0.3, 0.4) is 0 Å². The fourth-order valence-electron chi connectivity index (χ4n) is 2.60. The molecule has 118 valence electrons. The van der Waals surface area contributed by atoms with Gasteiger partial charge in [0.25, 0.3) is 0 Å². The van der Waals surface area contributed by atoms with Gasteiger partial charge in [-0.05, 0) is 36.8 Å². The van der Waals surface area contributed by atoms with Gasteiger partial charge in [-0.25, -0.2) is 4.39 Å². The van der Waals surface area contributed by atoms with Gasteiger partial charge in [0.1, 0.15) is 17.2 Å². The Hall–Kier alpha value is -2.62. The van der Waals surface area contributed by atoms with Crippen molar-refractivity contribution in [2.75, 3.05) is 0 Å². The number of carbonyl (C=O) groups is 1. The average molecular weight is 311 g/mol. The molecule has 0 unspecified atom stereocenters. The van der Waals surface area contributed by atoms with Gasteiger partial charge in [-0.15, -0.1) is 0 Å². The summed E-state index contributed by atoms with van der Waals surface area (Å²) in [5.41, 5.74) is 1.65. The SMILES string of the molecule is C[C@H](Cc1cc2ccccc2o1)NC(=O)Cc1ccc(F)cc1. The van der Waals surface area contributed by atoms with Crippen LogP contribution in [0.5, 0.6) is 0 Å². The second kappa shape index (κ2) is 6.65. The second-order valence-electron chi connectivity index (χ2n) is 5.73. The first kappa shape index (κ1) is 15.3. The molecule has 1 atom stereocenters. The fourth-order valence-corrected chi connectivity index (χ4v) is 2.60. The highest BCUT2D eigenvalue weighted by Gasteiger charge is 2.12. The van der Waals surface area contributed by atoms with Crippen molar-refractivity contribution in [3.63, 3.8) is 0 Å². The maximum absolute atomic E-state index is 12.9. The molecule has 1 aromatic heterocycles. The molecule has 0 saturated heterocycles. The van der Waals surface area contributed by atoms with Crippen LogP contribution in [-0.4, -0.2) is 11.9 Å². The van der Waals surface area contributed by atoms with E-state index in [0.29, 0.717) is 6.42 Å². The van der Waals surface area contributed by atoms with Crippen LogP contribution in [-0.2, 0) is 17.6 Å². The van der Waals surface area contributed by atoms with Crippen LogP contribution in [0.1, 0.15) is 18.2 Å². The Labute approximate surface area is 134 Å². The van der Waals surface area contributed by atoms with Gasteiger partial charge >= 0.3 is 0 Å². The minimum atomic E-state index is -0.299. The molecule has 1 N–H and O–H groups in total. The van der Waals surface area contributed by atoms with Gasteiger partial charge in [0.2, 0.25) is 5.91 Å². The Balaban J connectivity index is 1.56. The number of rotatable bonds is 5. The van der Waals surface area contributed by atoms with E-state index in [2.05, 4.69) is 5.32 Å². The minimum absolute atomic E-state index is 0.0384. The third-order valence-corrected chi connectivity index (χ3v) is 3.67. The number of carbonyl (C=O) groups excluding carboxylic acids is 1. The molecule has 0 aliphatic rings. The number of halogens is 1. The number of nitrogens with one attached hydrogen (secondary N) is 1. The predicted molar refractivity (Wildman–Crippen MR) is 87.6 cm³/mol. The van der Waals surface area contributed by atoms with Gasteiger partial charge in [0.05, 0.1) is 6.42 Å². The number of amides is 1. The van der Waals surface area contributed by atoms with Gasteiger partial charge in [-0.3, -0.25) is 4.79 Å². The van der Waals surface area contributed by atoms with Gasteiger partial charge in [0, 0.05) is 17.8 Å². The van der Waals surface area contributed by atoms with E-state index >= 15 is 0 Å². The molecular weight excluding hydrogens is 293 g/mol. The third kappa shape index (κ3) is 3.97. The zero-order chi connectivity index (χ0) is 16.2. The van der Waals surface area contributed by atoms with E-state index in [0.717, 1.165) is 22.3 Å². The van der Waals surface area contributed by atoms with Crippen molar-refractivity contribution in [2.45, 2.75) is 25.8 Å². The summed E-state index contributed by atoms with van der Waals surface area (Å²) in [7, 11) is 0. The molecule has 0 aliphatic carbocycles. The number of furan rings is 1. The molecule has 0 spiro atoms. The first-order chi connectivity index (χ1) is 11.1. The van der Waals surface area contributed by atoms with Crippen LogP contribution >= 0.6 is 0 Å².